The minimum absolute atomic E-state index is 0.341. The van der Waals surface area contributed by atoms with Gasteiger partial charge in [0.25, 0.3) is 0 Å². The zero-order valence-corrected chi connectivity index (χ0v) is 17.3. The van der Waals surface area contributed by atoms with Crippen molar-refractivity contribution in [2.45, 2.75) is 6.18 Å². The zero-order valence-electron chi connectivity index (χ0n) is 16.5. The highest BCUT2D eigenvalue weighted by Gasteiger charge is 2.31. The Morgan fingerprint density at radius 1 is 0.788 bits per heavy atom. The Morgan fingerprint density at radius 2 is 1.42 bits per heavy atom. The number of halogens is 8. The molecule has 3 aromatic carbocycles. The third-order valence-electron chi connectivity index (χ3n) is 4.27. The molecule has 1 heterocycles. The Hall–Kier alpha value is -3.27. The second-order valence-electron chi connectivity index (χ2n) is 6.73. The van der Waals surface area contributed by atoms with Gasteiger partial charge in [-0.2, -0.15) is 13.2 Å². The molecule has 11 heteroatoms. The minimum atomic E-state index is -6.00. The van der Waals surface area contributed by atoms with Crippen LogP contribution in [0.3, 0.4) is 0 Å². The lowest BCUT2D eigenvalue weighted by Gasteiger charge is -2.05. The Balaban J connectivity index is 0.000000555. The van der Waals surface area contributed by atoms with Gasteiger partial charge in [0.05, 0.1) is 17.0 Å². The molecule has 0 fully saturated rings. The number of para-hydroxylation sites is 1. The standard InChI is InChI=1S/C22H13ClF3NO.BF4/c23-16-10-8-14(9-11-16)21-13-19(18-6-1-2-7-20(18)28-21)27-17-5-3-4-15(12-17)22(24,25)26;2-1(3,4)5/h1-13H;/q;-1/p+1. The van der Waals surface area contributed by atoms with Crippen molar-refractivity contribution < 1.29 is 39.8 Å². The maximum Gasteiger partial charge on any atom is 0.673 e. The first kappa shape index (κ1) is 24.4. The van der Waals surface area contributed by atoms with Gasteiger partial charge in [0.15, 0.2) is 0 Å². The summed E-state index contributed by atoms with van der Waals surface area (Å²) in [5.41, 5.74) is 1.06. The first-order valence-electron chi connectivity index (χ1n) is 9.33. The van der Waals surface area contributed by atoms with Crippen LogP contribution in [0, 0.1) is 0 Å². The number of fused-ring (bicyclic) bond motifs is 1. The number of benzene rings is 3. The molecule has 0 unspecified atom stereocenters. The monoisotopic (exact) mass is 487 g/mol. The zero-order chi connectivity index (χ0) is 24.2. The topological polar surface area (TPSA) is 27.1 Å². The van der Waals surface area contributed by atoms with Crippen LogP contribution >= 0.6 is 11.6 Å². The van der Waals surface area contributed by atoms with Crippen LogP contribution in [0.4, 0.5) is 36.1 Å². The SMILES string of the molecule is FC(F)(F)c1cccc([NH+]=c2cc(-c3ccc(Cl)cc3)oc3ccccc23)c1.F[B-](F)(F)F. The Kier molecular flexibility index (Phi) is 7.17. The second-order valence-corrected chi connectivity index (χ2v) is 7.16. The lowest BCUT2D eigenvalue weighted by molar-refractivity contribution is -0.401. The molecule has 0 radical (unpaired) electrons. The maximum absolute atomic E-state index is 13.0. The highest BCUT2D eigenvalue weighted by Crippen LogP contribution is 2.29. The molecular formula is C22H14BClF7NO. The molecule has 1 N–H and O–H groups in total. The third kappa shape index (κ3) is 7.11. The van der Waals surface area contributed by atoms with Crippen molar-refractivity contribution in [2.24, 2.45) is 0 Å². The molecule has 0 saturated heterocycles. The van der Waals surface area contributed by atoms with Crippen molar-refractivity contribution in [3.8, 4) is 11.3 Å². The van der Waals surface area contributed by atoms with Gasteiger partial charge in [-0.25, -0.2) is 4.99 Å². The average Bonchev–Trinajstić information content (AvgIpc) is 2.73. The van der Waals surface area contributed by atoms with Crippen LogP contribution < -0.4 is 10.3 Å². The smallest absolute Gasteiger partial charge is 0.456 e. The minimum Gasteiger partial charge on any atom is -0.456 e. The normalized spacial score (nSPS) is 12.4. The van der Waals surface area contributed by atoms with Gasteiger partial charge in [0.1, 0.15) is 11.3 Å². The number of alkyl halides is 3. The molecule has 0 spiro atoms. The van der Waals surface area contributed by atoms with Gasteiger partial charge in [0.2, 0.25) is 11.0 Å². The molecule has 33 heavy (non-hydrogen) atoms. The molecule has 0 bridgehead atoms. The molecule has 1 aromatic heterocycles. The van der Waals surface area contributed by atoms with Crippen LogP contribution in [0.25, 0.3) is 22.3 Å². The third-order valence-corrected chi connectivity index (χ3v) is 4.52. The summed E-state index contributed by atoms with van der Waals surface area (Å²) in [6.07, 6.45) is -4.40. The predicted molar refractivity (Wildman–Crippen MR) is 112 cm³/mol. The van der Waals surface area contributed by atoms with Crippen LogP contribution in [-0.4, -0.2) is 7.25 Å². The van der Waals surface area contributed by atoms with Gasteiger partial charge in [-0.05, 0) is 42.5 Å². The fourth-order valence-electron chi connectivity index (χ4n) is 2.92. The van der Waals surface area contributed by atoms with Crippen LogP contribution in [0.15, 0.2) is 83.3 Å². The molecule has 0 aliphatic carbocycles. The molecule has 0 atom stereocenters. The summed E-state index contributed by atoms with van der Waals surface area (Å²) in [6, 6.07) is 21.4. The van der Waals surface area contributed by atoms with Gasteiger partial charge in [-0.15, -0.1) is 0 Å². The van der Waals surface area contributed by atoms with E-state index in [4.69, 9.17) is 16.0 Å². The van der Waals surface area contributed by atoms with E-state index in [1.165, 1.54) is 6.07 Å². The first-order chi connectivity index (χ1) is 15.4. The highest BCUT2D eigenvalue weighted by atomic mass is 35.5. The number of nitrogens with one attached hydrogen (secondary N) is 1. The molecule has 0 aliphatic rings. The molecule has 4 rings (SSSR count). The summed E-state index contributed by atoms with van der Waals surface area (Å²) in [5.74, 6) is 0.574. The van der Waals surface area contributed by atoms with E-state index in [0.29, 0.717) is 27.4 Å². The molecule has 0 amide bonds. The molecule has 2 nitrogen and oxygen atoms in total. The van der Waals surface area contributed by atoms with Crippen LogP contribution in [0.2, 0.25) is 5.02 Å². The summed E-state index contributed by atoms with van der Waals surface area (Å²) in [4.78, 5) is 3.09. The lowest BCUT2D eigenvalue weighted by Crippen LogP contribution is -2.70. The van der Waals surface area contributed by atoms with E-state index in [0.717, 1.165) is 23.1 Å². The Morgan fingerprint density at radius 3 is 2.06 bits per heavy atom. The van der Waals surface area contributed by atoms with E-state index in [1.54, 1.807) is 24.3 Å². The maximum atomic E-state index is 13.0. The molecular weight excluding hydrogens is 473 g/mol. The summed E-state index contributed by atoms with van der Waals surface area (Å²) >= 11 is 5.95. The fraction of sp³-hybridized carbons (Fsp3) is 0.0455. The summed E-state index contributed by atoms with van der Waals surface area (Å²) in [6.45, 7) is 0. The van der Waals surface area contributed by atoms with E-state index in [9.17, 15) is 30.4 Å². The Bertz CT molecular complexity index is 1310. The number of rotatable bonds is 2. The molecule has 0 aliphatic heterocycles. The van der Waals surface area contributed by atoms with E-state index >= 15 is 0 Å². The predicted octanol–water partition coefficient (Wildman–Crippen LogP) is 6.39. The first-order valence-corrected chi connectivity index (χ1v) is 9.71. The number of hydrogen-bond acceptors (Lipinski definition) is 1. The summed E-state index contributed by atoms with van der Waals surface area (Å²) in [7, 11) is -6.00. The van der Waals surface area contributed by atoms with Crippen molar-refractivity contribution in [1.29, 1.82) is 0 Å². The van der Waals surface area contributed by atoms with E-state index in [-0.39, 0.29) is 0 Å². The summed E-state index contributed by atoms with van der Waals surface area (Å²) < 4.78 is 84.1. The van der Waals surface area contributed by atoms with Gasteiger partial charge in [-0.1, -0.05) is 29.8 Å². The van der Waals surface area contributed by atoms with Gasteiger partial charge < -0.3 is 21.7 Å². The van der Waals surface area contributed by atoms with Crippen LogP contribution in [0.5, 0.6) is 0 Å². The van der Waals surface area contributed by atoms with Crippen LogP contribution in [0.1, 0.15) is 5.56 Å². The van der Waals surface area contributed by atoms with Gasteiger partial charge >= 0.3 is 13.4 Å². The van der Waals surface area contributed by atoms with E-state index in [1.807, 2.05) is 36.4 Å². The van der Waals surface area contributed by atoms with Crippen molar-refractivity contribution in [2.75, 3.05) is 0 Å². The lowest BCUT2D eigenvalue weighted by atomic mass is 10.1. The van der Waals surface area contributed by atoms with Crippen molar-refractivity contribution in [3.05, 3.63) is 94.8 Å². The Labute approximate surface area is 188 Å². The molecule has 172 valence electrons. The van der Waals surface area contributed by atoms with Crippen molar-refractivity contribution >= 4 is 35.5 Å². The fourth-order valence-corrected chi connectivity index (χ4v) is 3.05. The summed E-state index contributed by atoms with van der Waals surface area (Å²) in [5, 5.41) is 2.01. The average molecular weight is 488 g/mol. The highest BCUT2D eigenvalue weighted by molar-refractivity contribution is 6.50. The van der Waals surface area contributed by atoms with E-state index < -0.39 is 19.0 Å². The molecule has 0 saturated carbocycles. The van der Waals surface area contributed by atoms with Crippen LogP contribution in [-0.2, 0) is 6.18 Å². The second kappa shape index (κ2) is 9.70. The molecule has 4 aromatic rings. The quantitative estimate of drug-likeness (QED) is 0.258. The van der Waals surface area contributed by atoms with E-state index in [2.05, 4.69) is 4.99 Å². The van der Waals surface area contributed by atoms with Gasteiger partial charge in [-0.3, -0.25) is 0 Å². The largest absolute Gasteiger partial charge is 0.673 e. The van der Waals surface area contributed by atoms with Crippen molar-refractivity contribution in [3.63, 3.8) is 0 Å². The van der Waals surface area contributed by atoms with Crippen molar-refractivity contribution in [1.82, 2.24) is 0 Å². The number of hydrogen-bond donors (Lipinski definition) is 1. The van der Waals surface area contributed by atoms with Gasteiger partial charge in [0, 0.05) is 22.7 Å².